The number of hydrogen-bond donors (Lipinski definition) is 2. The van der Waals surface area contributed by atoms with Gasteiger partial charge in [0.05, 0.1) is 29.9 Å². The first kappa shape index (κ1) is 25.2. The second kappa shape index (κ2) is 10.5. The predicted molar refractivity (Wildman–Crippen MR) is 145 cm³/mol. The molecule has 1 saturated heterocycles. The first-order valence-electron chi connectivity index (χ1n) is 12.9. The monoisotopic (exact) mass is 504 g/mol. The number of carbonyl (C=O) groups is 1. The Bertz CT molecular complexity index is 1420. The number of nitrogens with zero attached hydrogens (tertiary/aromatic N) is 6. The van der Waals surface area contributed by atoms with Crippen molar-refractivity contribution in [2.75, 3.05) is 57.9 Å². The maximum absolute atomic E-state index is 12.5. The third-order valence-electron chi connectivity index (χ3n) is 7.35. The van der Waals surface area contributed by atoms with Crippen LogP contribution in [0.3, 0.4) is 0 Å². The second-order valence-electron chi connectivity index (χ2n) is 9.99. The van der Waals surface area contributed by atoms with E-state index in [1.807, 2.05) is 9.42 Å². The molecular weight excluding hydrogens is 468 g/mol. The maximum atomic E-state index is 12.5. The zero-order chi connectivity index (χ0) is 26.1. The van der Waals surface area contributed by atoms with Crippen LogP contribution < -0.4 is 10.2 Å². The standard InChI is InChI=1S/C27H36N8O2/c1-17(2)24-25(20-15-35-27(29-16-30-35)19(4)18(20)3)31-21-6-7-22(32-26(21)24)33-9-11-34(12-10-33)23(36)14-28-8-13-37-5/h6-7,15-17,28,31H,8-14H2,1-5H3. The molecule has 4 aromatic heterocycles. The van der Waals surface area contributed by atoms with Crippen molar-refractivity contribution in [3.63, 3.8) is 0 Å². The van der Waals surface area contributed by atoms with Gasteiger partial charge in [0.2, 0.25) is 5.91 Å². The van der Waals surface area contributed by atoms with Gasteiger partial charge in [-0.2, -0.15) is 5.10 Å². The lowest BCUT2D eigenvalue weighted by Crippen LogP contribution is -2.51. The largest absolute Gasteiger partial charge is 0.383 e. The van der Waals surface area contributed by atoms with Gasteiger partial charge in [-0.3, -0.25) is 4.79 Å². The fraction of sp³-hybridized carbons (Fsp3) is 0.481. The molecule has 5 heterocycles. The van der Waals surface area contributed by atoms with Crippen LogP contribution in [-0.2, 0) is 9.53 Å². The number of anilines is 1. The van der Waals surface area contributed by atoms with Crippen LogP contribution in [0.15, 0.2) is 24.7 Å². The molecular formula is C27H36N8O2. The Balaban J connectivity index is 1.40. The SMILES string of the molecule is COCCNCC(=O)N1CCN(c2ccc3[nH]c(-c4cn5ncnc5c(C)c4C)c(C(C)C)c3n2)CC1. The van der Waals surface area contributed by atoms with E-state index in [1.54, 1.807) is 13.4 Å². The average molecular weight is 505 g/mol. The highest BCUT2D eigenvalue weighted by molar-refractivity contribution is 5.90. The minimum Gasteiger partial charge on any atom is -0.383 e. The number of aromatic nitrogens is 5. The third-order valence-corrected chi connectivity index (χ3v) is 7.35. The summed E-state index contributed by atoms with van der Waals surface area (Å²) < 4.78 is 6.87. The minimum atomic E-state index is 0.131. The van der Waals surface area contributed by atoms with Gasteiger partial charge in [-0.25, -0.2) is 14.5 Å². The van der Waals surface area contributed by atoms with Crippen molar-refractivity contribution in [1.82, 2.24) is 34.8 Å². The summed E-state index contributed by atoms with van der Waals surface area (Å²) in [5.74, 6) is 1.36. The van der Waals surface area contributed by atoms with Gasteiger partial charge in [0.25, 0.3) is 0 Å². The summed E-state index contributed by atoms with van der Waals surface area (Å²) in [6, 6.07) is 4.20. The van der Waals surface area contributed by atoms with Crippen LogP contribution in [0.2, 0.25) is 0 Å². The number of pyridine rings is 2. The molecule has 37 heavy (non-hydrogen) atoms. The second-order valence-corrected chi connectivity index (χ2v) is 9.99. The summed E-state index contributed by atoms with van der Waals surface area (Å²) in [5, 5.41) is 7.53. The van der Waals surface area contributed by atoms with Gasteiger partial charge in [-0.05, 0) is 43.0 Å². The lowest BCUT2D eigenvalue weighted by atomic mass is 9.95. The van der Waals surface area contributed by atoms with E-state index >= 15 is 0 Å². The normalized spacial score (nSPS) is 14.4. The fourth-order valence-electron chi connectivity index (χ4n) is 5.15. The number of carbonyl (C=O) groups excluding carboxylic acids is 1. The van der Waals surface area contributed by atoms with E-state index in [0.717, 1.165) is 52.4 Å². The van der Waals surface area contributed by atoms with Crippen LogP contribution in [-0.4, -0.2) is 88.4 Å². The van der Waals surface area contributed by atoms with Crippen molar-refractivity contribution in [2.45, 2.75) is 33.6 Å². The highest BCUT2D eigenvalue weighted by Crippen LogP contribution is 2.37. The molecule has 0 bridgehead atoms. The molecule has 196 valence electrons. The Morgan fingerprint density at radius 1 is 1.16 bits per heavy atom. The summed E-state index contributed by atoms with van der Waals surface area (Å²) >= 11 is 0. The Labute approximate surface area is 217 Å². The highest BCUT2D eigenvalue weighted by atomic mass is 16.5. The Hall–Kier alpha value is -3.50. The van der Waals surface area contributed by atoms with E-state index in [9.17, 15) is 4.79 Å². The fourth-order valence-corrected chi connectivity index (χ4v) is 5.15. The maximum Gasteiger partial charge on any atom is 0.236 e. The smallest absolute Gasteiger partial charge is 0.236 e. The van der Waals surface area contributed by atoms with E-state index < -0.39 is 0 Å². The number of nitrogens with one attached hydrogen (secondary N) is 2. The molecule has 0 spiro atoms. The zero-order valence-corrected chi connectivity index (χ0v) is 22.3. The Kier molecular flexibility index (Phi) is 7.12. The van der Waals surface area contributed by atoms with Crippen LogP contribution >= 0.6 is 0 Å². The van der Waals surface area contributed by atoms with Gasteiger partial charge in [0, 0.05) is 57.2 Å². The molecule has 1 fully saturated rings. The van der Waals surface area contributed by atoms with Gasteiger partial charge in [-0.15, -0.1) is 0 Å². The van der Waals surface area contributed by atoms with Crippen molar-refractivity contribution < 1.29 is 9.53 Å². The number of aromatic amines is 1. The van der Waals surface area contributed by atoms with Crippen molar-refractivity contribution in [3.05, 3.63) is 41.3 Å². The molecule has 10 nitrogen and oxygen atoms in total. The predicted octanol–water partition coefficient (Wildman–Crippen LogP) is 2.90. The highest BCUT2D eigenvalue weighted by Gasteiger charge is 2.24. The molecule has 10 heteroatoms. The van der Waals surface area contributed by atoms with Crippen LogP contribution in [0.1, 0.15) is 36.5 Å². The average Bonchev–Trinajstić information content (AvgIpc) is 3.53. The number of rotatable bonds is 8. The lowest BCUT2D eigenvalue weighted by molar-refractivity contribution is -0.130. The molecule has 0 aromatic carbocycles. The molecule has 2 N–H and O–H groups in total. The van der Waals surface area contributed by atoms with E-state index in [-0.39, 0.29) is 11.8 Å². The Morgan fingerprint density at radius 2 is 1.95 bits per heavy atom. The molecule has 0 radical (unpaired) electrons. The first-order chi connectivity index (χ1) is 17.9. The van der Waals surface area contributed by atoms with Crippen LogP contribution in [0.5, 0.6) is 0 Å². The number of ether oxygens (including phenoxy) is 1. The number of fused-ring (bicyclic) bond motifs is 2. The number of hydrogen-bond acceptors (Lipinski definition) is 7. The van der Waals surface area contributed by atoms with Crippen molar-refractivity contribution in [1.29, 1.82) is 0 Å². The molecule has 5 rings (SSSR count). The molecule has 0 saturated carbocycles. The minimum absolute atomic E-state index is 0.131. The van der Waals surface area contributed by atoms with Gasteiger partial charge in [-0.1, -0.05) is 13.8 Å². The number of H-pyrrole nitrogens is 1. The van der Waals surface area contributed by atoms with Gasteiger partial charge in [0.1, 0.15) is 12.1 Å². The van der Waals surface area contributed by atoms with Gasteiger partial charge in [0.15, 0.2) is 5.65 Å². The first-order valence-corrected chi connectivity index (χ1v) is 12.9. The molecule has 0 aliphatic carbocycles. The summed E-state index contributed by atoms with van der Waals surface area (Å²) in [6.07, 6.45) is 3.65. The lowest BCUT2D eigenvalue weighted by Gasteiger charge is -2.35. The molecule has 1 aliphatic rings. The van der Waals surface area contributed by atoms with E-state index in [4.69, 9.17) is 9.72 Å². The topological polar surface area (TPSA) is 104 Å². The molecule has 1 aliphatic heterocycles. The summed E-state index contributed by atoms with van der Waals surface area (Å²) in [5.41, 5.74) is 8.62. The number of piperazine rings is 1. The number of methoxy groups -OCH3 is 1. The molecule has 4 aromatic rings. The van der Waals surface area contributed by atoms with Crippen molar-refractivity contribution in [2.24, 2.45) is 0 Å². The number of aryl methyl sites for hydroxylation is 1. The van der Waals surface area contributed by atoms with E-state index in [2.05, 4.69) is 71.3 Å². The van der Waals surface area contributed by atoms with Crippen LogP contribution in [0, 0.1) is 13.8 Å². The summed E-state index contributed by atoms with van der Waals surface area (Å²) in [6.45, 7) is 13.2. The molecule has 0 atom stereocenters. The zero-order valence-electron chi connectivity index (χ0n) is 22.3. The van der Waals surface area contributed by atoms with Crippen molar-refractivity contribution >= 4 is 28.4 Å². The van der Waals surface area contributed by atoms with Crippen molar-refractivity contribution in [3.8, 4) is 11.3 Å². The van der Waals surface area contributed by atoms with Gasteiger partial charge < -0.3 is 24.8 Å². The van der Waals surface area contributed by atoms with Crippen LogP contribution in [0.4, 0.5) is 5.82 Å². The molecule has 1 amide bonds. The van der Waals surface area contributed by atoms with E-state index in [1.165, 1.54) is 11.1 Å². The molecule has 0 unspecified atom stereocenters. The van der Waals surface area contributed by atoms with Gasteiger partial charge >= 0.3 is 0 Å². The third kappa shape index (κ3) is 4.78. The van der Waals surface area contributed by atoms with E-state index in [0.29, 0.717) is 32.8 Å². The number of amides is 1. The quantitative estimate of drug-likeness (QED) is 0.356. The summed E-state index contributed by atoms with van der Waals surface area (Å²) in [7, 11) is 1.66. The van der Waals surface area contributed by atoms with Crippen LogP contribution in [0.25, 0.3) is 27.9 Å². The Morgan fingerprint density at radius 3 is 2.68 bits per heavy atom. The summed E-state index contributed by atoms with van der Waals surface area (Å²) in [4.78, 5) is 29.9.